The first-order valence-electron chi connectivity index (χ1n) is 10.1. The van der Waals surface area contributed by atoms with E-state index >= 15 is 0 Å². The van der Waals surface area contributed by atoms with Crippen molar-refractivity contribution in [3.8, 4) is 23.3 Å². The summed E-state index contributed by atoms with van der Waals surface area (Å²) >= 11 is 0. The van der Waals surface area contributed by atoms with E-state index in [4.69, 9.17) is 19.4 Å². The smallest absolute Gasteiger partial charge is 0.316 e. The van der Waals surface area contributed by atoms with Crippen LogP contribution in [0.1, 0.15) is 23.2 Å². The van der Waals surface area contributed by atoms with Crippen molar-refractivity contribution >= 4 is 11.6 Å². The van der Waals surface area contributed by atoms with Gasteiger partial charge in [0.15, 0.2) is 11.6 Å². The van der Waals surface area contributed by atoms with E-state index in [1.807, 2.05) is 18.0 Å². The van der Waals surface area contributed by atoms with E-state index in [0.29, 0.717) is 17.3 Å². The quantitative estimate of drug-likeness (QED) is 0.542. The Hall–Kier alpha value is -3.62. The van der Waals surface area contributed by atoms with Gasteiger partial charge in [-0.3, -0.25) is 9.78 Å². The summed E-state index contributed by atoms with van der Waals surface area (Å²) in [6, 6.07) is 3.88. The highest BCUT2D eigenvalue weighted by molar-refractivity contribution is 5.85. The molecule has 1 aliphatic carbocycles. The van der Waals surface area contributed by atoms with E-state index in [2.05, 4.69) is 15.0 Å². The number of hydrogen-bond acceptors (Lipinski definition) is 9. The highest BCUT2D eigenvalue weighted by Crippen LogP contribution is 2.31. The van der Waals surface area contributed by atoms with Gasteiger partial charge in [0, 0.05) is 49.4 Å². The summed E-state index contributed by atoms with van der Waals surface area (Å²) in [5, 5.41) is 0. The fourth-order valence-corrected chi connectivity index (χ4v) is 3.67. The van der Waals surface area contributed by atoms with E-state index in [9.17, 15) is 4.79 Å². The number of pyridine rings is 1. The molecular formula is C22H24N6O3. The average molecular weight is 420 g/mol. The molecule has 4 rings (SSSR count). The summed E-state index contributed by atoms with van der Waals surface area (Å²) in [7, 11) is 5.00. The van der Waals surface area contributed by atoms with Crippen LogP contribution in [0.3, 0.4) is 0 Å². The van der Waals surface area contributed by atoms with Crippen LogP contribution in [0.2, 0.25) is 0 Å². The lowest BCUT2D eigenvalue weighted by molar-refractivity contribution is -0.117. The van der Waals surface area contributed by atoms with E-state index in [1.165, 1.54) is 7.11 Å². The van der Waals surface area contributed by atoms with E-state index in [1.54, 1.807) is 31.8 Å². The number of carbonyl (C=O) groups is 1. The maximum Gasteiger partial charge on any atom is 0.316 e. The van der Waals surface area contributed by atoms with Crippen molar-refractivity contribution in [3.05, 3.63) is 47.5 Å². The second-order valence-electron chi connectivity index (χ2n) is 7.38. The van der Waals surface area contributed by atoms with Crippen molar-refractivity contribution in [1.29, 1.82) is 0 Å². The molecule has 1 aliphatic rings. The van der Waals surface area contributed by atoms with Crippen LogP contribution in [0.25, 0.3) is 11.5 Å². The third-order valence-electron chi connectivity index (χ3n) is 5.15. The largest absolute Gasteiger partial charge is 0.497 e. The third kappa shape index (κ3) is 4.60. The summed E-state index contributed by atoms with van der Waals surface area (Å²) in [4.78, 5) is 36.6. The zero-order valence-electron chi connectivity index (χ0n) is 17.8. The zero-order valence-corrected chi connectivity index (χ0v) is 17.8. The van der Waals surface area contributed by atoms with Gasteiger partial charge in [-0.05, 0) is 30.9 Å². The number of Topliss-reactive ketones (excluding diaryl/α,β-unsaturated/α-hetero) is 1. The maximum atomic E-state index is 12.7. The molecule has 3 heterocycles. The number of nitrogens with zero attached hydrogens (tertiary/aromatic N) is 6. The Morgan fingerprint density at radius 3 is 2.65 bits per heavy atom. The minimum atomic E-state index is 0.0441. The number of ketones is 1. The Kier molecular flexibility index (Phi) is 6.01. The van der Waals surface area contributed by atoms with Crippen molar-refractivity contribution in [2.45, 2.75) is 25.7 Å². The first kappa shape index (κ1) is 20.6. The lowest BCUT2D eigenvalue weighted by Gasteiger charge is -2.21. The van der Waals surface area contributed by atoms with Crippen LogP contribution >= 0.6 is 0 Å². The second-order valence-corrected chi connectivity index (χ2v) is 7.38. The average Bonchev–Trinajstić information content (AvgIpc) is 3.27. The van der Waals surface area contributed by atoms with Crippen LogP contribution in [0, 0.1) is 0 Å². The first-order chi connectivity index (χ1) is 15.1. The molecule has 0 saturated heterocycles. The molecule has 0 radical (unpaired) electrons. The monoisotopic (exact) mass is 420 g/mol. The lowest BCUT2D eigenvalue weighted by atomic mass is 10.1. The Balaban J connectivity index is 1.56. The van der Waals surface area contributed by atoms with Gasteiger partial charge in [-0.25, -0.2) is 19.9 Å². The van der Waals surface area contributed by atoms with Crippen molar-refractivity contribution in [1.82, 2.24) is 24.9 Å². The Morgan fingerprint density at radius 2 is 1.90 bits per heavy atom. The van der Waals surface area contributed by atoms with Gasteiger partial charge >= 0.3 is 6.01 Å². The molecule has 9 nitrogen and oxygen atoms in total. The summed E-state index contributed by atoms with van der Waals surface area (Å²) in [6.45, 7) is 0.223. The highest BCUT2D eigenvalue weighted by atomic mass is 16.5. The SMILES string of the molecule is COc1ccnc(-c2nc3c(c(N(C)CC(=O)Cc4cnc(OC)nc4)n2)CCC3)c1. The van der Waals surface area contributed by atoms with Crippen molar-refractivity contribution in [2.75, 3.05) is 32.7 Å². The maximum absolute atomic E-state index is 12.7. The molecule has 160 valence electrons. The molecule has 0 N–H and O–H groups in total. The standard InChI is InChI=1S/C22H24N6O3/c1-28(13-15(29)9-14-11-24-22(31-3)25-12-14)21-17-5-4-6-18(17)26-20(27-21)19-10-16(30-2)7-8-23-19/h7-8,10-12H,4-6,9,13H2,1-3H3. The number of ether oxygens (including phenoxy) is 2. The number of anilines is 1. The minimum absolute atomic E-state index is 0.0441. The molecule has 0 atom stereocenters. The fourth-order valence-electron chi connectivity index (χ4n) is 3.67. The molecule has 0 unspecified atom stereocenters. The fraction of sp³-hybridized carbons (Fsp3) is 0.364. The third-order valence-corrected chi connectivity index (χ3v) is 5.15. The first-order valence-corrected chi connectivity index (χ1v) is 10.1. The normalized spacial score (nSPS) is 12.4. The van der Waals surface area contributed by atoms with Crippen molar-refractivity contribution in [3.63, 3.8) is 0 Å². The summed E-state index contributed by atoms with van der Waals surface area (Å²) in [6.07, 6.45) is 7.96. The van der Waals surface area contributed by atoms with Crippen LogP contribution in [0.4, 0.5) is 5.82 Å². The molecular weight excluding hydrogens is 396 g/mol. The predicted octanol–water partition coefficient (Wildman–Crippen LogP) is 2.08. The van der Waals surface area contributed by atoms with Crippen LogP contribution in [0.15, 0.2) is 30.7 Å². The number of fused-ring (bicyclic) bond motifs is 1. The van der Waals surface area contributed by atoms with Gasteiger partial charge in [0.1, 0.15) is 17.3 Å². The lowest BCUT2D eigenvalue weighted by Crippen LogP contribution is -2.29. The zero-order chi connectivity index (χ0) is 21.8. The number of aryl methyl sites for hydroxylation is 1. The summed E-state index contributed by atoms with van der Waals surface area (Å²) < 4.78 is 10.3. The molecule has 0 amide bonds. The summed E-state index contributed by atoms with van der Waals surface area (Å²) in [5.41, 5.74) is 3.51. The molecule has 31 heavy (non-hydrogen) atoms. The van der Waals surface area contributed by atoms with Crippen LogP contribution in [-0.4, -0.2) is 58.5 Å². The number of hydrogen-bond donors (Lipinski definition) is 0. The molecule has 0 aromatic carbocycles. The van der Waals surface area contributed by atoms with Crippen LogP contribution in [0.5, 0.6) is 11.8 Å². The molecule has 3 aromatic heterocycles. The van der Waals surface area contributed by atoms with Gasteiger partial charge in [-0.1, -0.05) is 0 Å². The second kappa shape index (κ2) is 9.03. The van der Waals surface area contributed by atoms with Crippen molar-refractivity contribution < 1.29 is 14.3 Å². The number of methoxy groups -OCH3 is 2. The number of aromatic nitrogens is 5. The Morgan fingerprint density at radius 1 is 1.10 bits per heavy atom. The van der Waals surface area contributed by atoms with Crippen LogP contribution in [-0.2, 0) is 24.1 Å². The van der Waals surface area contributed by atoms with E-state index < -0.39 is 0 Å². The van der Waals surface area contributed by atoms with Crippen molar-refractivity contribution in [2.24, 2.45) is 0 Å². The molecule has 9 heteroatoms. The molecule has 0 fully saturated rings. The predicted molar refractivity (Wildman–Crippen MR) is 114 cm³/mol. The van der Waals surface area contributed by atoms with Gasteiger partial charge in [-0.15, -0.1) is 0 Å². The molecule has 0 saturated carbocycles. The molecule has 0 spiro atoms. The van der Waals surface area contributed by atoms with Gasteiger partial charge in [0.2, 0.25) is 0 Å². The number of rotatable bonds is 8. The molecule has 0 bridgehead atoms. The number of carbonyl (C=O) groups excluding carboxylic acids is 1. The van der Waals surface area contributed by atoms with Gasteiger partial charge in [0.25, 0.3) is 0 Å². The number of likely N-dealkylation sites (N-methyl/N-ethyl adjacent to an activating group) is 1. The molecule has 3 aromatic rings. The van der Waals surface area contributed by atoms with Crippen LogP contribution < -0.4 is 14.4 Å². The Bertz CT molecular complexity index is 1090. The topological polar surface area (TPSA) is 103 Å². The highest BCUT2D eigenvalue weighted by Gasteiger charge is 2.23. The Labute approximate surface area is 180 Å². The van der Waals surface area contributed by atoms with Gasteiger partial charge in [-0.2, -0.15) is 0 Å². The van der Waals surface area contributed by atoms with Gasteiger partial charge < -0.3 is 14.4 Å². The molecule has 0 aliphatic heterocycles. The minimum Gasteiger partial charge on any atom is -0.497 e. The summed E-state index contributed by atoms with van der Waals surface area (Å²) in [5.74, 6) is 2.06. The van der Waals surface area contributed by atoms with Gasteiger partial charge in [0.05, 0.1) is 20.8 Å². The van der Waals surface area contributed by atoms with E-state index in [-0.39, 0.29) is 24.8 Å². The van der Waals surface area contributed by atoms with E-state index in [0.717, 1.165) is 41.9 Å².